The van der Waals surface area contributed by atoms with Gasteiger partial charge in [0.2, 0.25) is 0 Å². The summed E-state index contributed by atoms with van der Waals surface area (Å²) >= 11 is 0. The van der Waals surface area contributed by atoms with Crippen LogP contribution in [0.15, 0.2) is 0 Å². The fraction of sp³-hybridized carbons (Fsp3) is 0.889. The first-order chi connectivity index (χ1) is 9.17. The van der Waals surface area contributed by atoms with Crippen LogP contribution in [-0.2, 0) is 38.7 Å². The van der Waals surface area contributed by atoms with Crippen molar-refractivity contribution < 1.29 is 39.8 Å². The average molecular weight is 327 g/mol. The molecule has 0 aromatic carbocycles. The number of hydrogen-bond acceptors (Lipinski definition) is 9. The first kappa shape index (κ1) is 14.2. The van der Waals surface area contributed by atoms with Crippen molar-refractivity contribution in [3.8, 4) is 0 Å². The molecule has 3 aliphatic rings. The number of carbonyl (C=O) groups excluding carboxylic acids is 1. The standard InChI is InChI=1S/C9H12O9S2/c10-6(1-2-19(11,12)13)17-7-4-3-5-8(16-4)9(7)18-20(5,14)15/h4-5,7-9H,1-3H2,(H,11,12,13)/p-1. The van der Waals surface area contributed by atoms with Crippen LogP contribution in [0.4, 0.5) is 0 Å². The zero-order chi connectivity index (χ0) is 14.7. The maximum absolute atomic E-state index is 11.6. The van der Waals surface area contributed by atoms with E-state index >= 15 is 0 Å². The number of rotatable bonds is 4. The van der Waals surface area contributed by atoms with E-state index in [2.05, 4.69) is 0 Å². The zero-order valence-electron chi connectivity index (χ0n) is 10.00. The Bertz CT molecular complexity index is 636. The summed E-state index contributed by atoms with van der Waals surface area (Å²) in [5.74, 6) is -1.75. The second-order valence-corrected chi connectivity index (χ2v) is 8.24. The van der Waals surface area contributed by atoms with Crippen LogP contribution in [0.5, 0.6) is 0 Å². The van der Waals surface area contributed by atoms with Gasteiger partial charge in [-0.05, 0) is 6.42 Å². The van der Waals surface area contributed by atoms with E-state index in [4.69, 9.17) is 13.7 Å². The maximum Gasteiger partial charge on any atom is 0.307 e. The summed E-state index contributed by atoms with van der Waals surface area (Å²) in [5, 5.41) is -0.727. The third-order valence-electron chi connectivity index (χ3n) is 3.62. The molecule has 114 valence electrons. The van der Waals surface area contributed by atoms with Crippen molar-refractivity contribution in [2.45, 2.75) is 42.5 Å². The molecule has 9 nitrogen and oxygen atoms in total. The Morgan fingerprint density at radius 2 is 2.05 bits per heavy atom. The van der Waals surface area contributed by atoms with Gasteiger partial charge < -0.3 is 14.0 Å². The Balaban J connectivity index is 1.65. The van der Waals surface area contributed by atoms with Gasteiger partial charge >= 0.3 is 5.97 Å². The molecule has 20 heavy (non-hydrogen) atoms. The van der Waals surface area contributed by atoms with Gasteiger partial charge in [0.1, 0.15) is 17.5 Å². The van der Waals surface area contributed by atoms with Crippen LogP contribution in [0.1, 0.15) is 12.8 Å². The number of ether oxygens (including phenoxy) is 2. The lowest BCUT2D eigenvalue weighted by Crippen LogP contribution is -2.41. The summed E-state index contributed by atoms with van der Waals surface area (Å²) in [6, 6.07) is 0. The Hall–Kier alpha value is -0.750. The van der Waals surface area contributed by atoms with Crippen molar-refractivity contribution in [2.24, 2.45) is 0 Å². The number of fused-ring (bicyclic) bond motifs is 1. The van der Waals surface area contributed by atoms with Gasteiger partial charge in [0.15, 0.2) is 6.10 Å². The molecule has 5 atom stereocenters. The highest BCUT2D eigenvalue weighted by atomic mass is 32.2. The highest BCUT2D eigenvalue weighted by Crippen LogP contribution is 2.47. The summed E-state index contributed by atoms with van der Waals surface area (Å²) in [6.07, 6.45) is -3.37. The molecule has 0 N–H and O–H groups in total. The van der Waals surface area contributed by atoms with E-state index in [1.54, 1.807) is 0 Å². The van der Waals surface area contributed by atoms with E-state index in [-0.39, 0.29) is 6.42 Å². The minimum Gasteiger partial charge on any atom is -0.748 e. The summed E-state index contributed by atoms with van der Waals surface area (Å²) < 4.78 is 69.7. The van der Waals surface area contributed by atoms with Crippen molar-refractivity contribution in [1.29, 1.82) is 0 Å². The number of hydrogen-bond donors (Lipinski definition) is 0. The van der Waals surface area contributed by atoms with Gasteiger partial charge in [0, 0.05) is 5.75 Å². The van der Waals surface area contributed by atoms with Crippen molar-refractivity contribution in [3.63, 3.8) is 0 Å². The van der Waals surface area contributed by atoms with Crippen molar-refractivity contribution >= 4 is 26.2 Å². The molecule has 0 aromatic rings. The van der Waals surface area contributed by atoms with Crippen LogP contribution in [0.25, 0.3) is 0 Å². The highest BCUT2D eigenvalue weighted by molar-refractivity contribution is 7.87. The molecule has 0 aromatic heterocycles. The lowest BCUT2D eigenvalue weighted by molar-refractivity contribution is -0.154. The molecule has 3 rings (SSSR count). The summed E-state index contributed by atoms with van der Waals surface area (Å²) in [6.45, 7) is 0. The van der Waals surface area contributed by atoms with E-state index in [1.165, 1.54) is 0 Å². The molecule has 3 fully saturated rings. The van der Waals surface area contributed by atoms with E-state index < -0.39 is 68.0 Å². The summed E-state index contributed by atoms with van der Waals surface area (Å²) in [5.41, 5.74) is 0. The van der Waals surface area contributed by atoms with Crippen molar-refractivity contribution in [2.75, 3.05) is 5.75 Å². The highest BCUT2D eigenvalue weighted by Gasteiger charge is 2.67. The predicted molar refractivity (Wildman–Crippen MR) is 59.9 cm³/mol. The molecule has 3 heterocycles. The molecule has 0 spiro atoms. The second kappa shape index (κ2) is 4.37. The second-order valence-electron chi connectivity index (χ2n) is 4.93. The normalized spacial score (nSPS) is 41.0. The van der Waals surface area contributed by atoms with Gasteiger partial charge in [-0.15, -0.1) is 0 Å². The van der Waals surface area contributed by atoms with E-state index in [9.17, 15) is 26.2 Å². The molecule has 5 unspecified atom stereocenters. The largest absolute Gasteiger partial charge is 0.748 e. The van der Waals surface area contributed by atoms with Crippen molar-refractivity contribution in [3.05, 3.63) is 0 Å². The third-order valence-corrected chi connectivity index (χ3v) is 6.01. The number of carbonyl (C=O) groups is 1. The summed E-state index contributed by atoms with van der Waals surface area (Å²) in [4.78, 5) is 11.5. The van der Waals surface area contributed by atoms with Crippen LogP contribution in [0, 0.1) is 0 Å². The predicted octanol–water partition coefficient (Wildman–Crippen LogP) is -1.90. The molecular formula is C9H11O9S2-. The van der Waals surface area contributed by atoms with Gasteiger partial charge in [-0.25, -0.2) is 8.42 Å². The molecule has 3 saturated heterocycles. The zero-order valence-corrected chi connectivity index (χ0v) is 11.6. The maximum atomic E-state index is 11.6. The van der Waals surface area contributed by atoms with Crippen LogP contribution in [-0.4, -0.2) is 62.8 Å². The van der Waals surface area contributed by atoms with Gasteiger partial charge in [-0.2, -0.15) is 8.42 Å². The Morgan fingerprint density at radius 3 is 2.70 bits per heavy atom. The van der Waals surface area contributed by atoms with Crippen LogP contribution < -0.4 is 0 Å². The molecule has 11 heteroatoms. The van der Waals surface area contributed by atoms with E-state index in [0.717, 1.165) is 0 Å². The molecule has 0 radical (unpaired) electrons. The fourth-order valence-electron chi connectivity index (χ4n) is 2.79. The molecule has 0 aliphatic carbocycles. The number of esters is 1. The molecule has 0 saturated carbocycles. The molecular weight excluding hydrogens is 316 g/mol. The van der Waals surface area contributed by atoms with Crippen LogP contribution in [0.3, 0.4) is 0 Å². The first-order valence-electron chi connectivity index (χ1n) is 5.88. The summed E-state index contributed by atoms with van der Waals surface area (Å²) in [7, 11) is -8.20. The smallest absolute Gasteiger partial charge is 0.307 e. The van der Waals surface area contributed by atoms with Gasteiger partial charge in [0.25, 0.3) is 10.1 Å². The Labute approximate surface area is 115 Å². The van der Waals surface area contributed by atoms with Gasteiger partial charge in [-0.1, -0.05) is 0 Å². The van der Waals surface area contributed by atoms with E-state index in [0.29, 0.717) is 0 Å². The molecule has 3 aliphatic heterocycles. The third kappa shape index (κ3) is 2.33. The quantitative estimate of drug-likeness (QED) is 0.329. The van der Waals surface area contributed by atoms with Crippen LogP contribution in [0.2, 0.25) is 0 Å². The fourth-order valence-corrected chi connectivity index (χ4v) is 4.85. The van der Waals surface area contributed by atoms with Crippen molar-refractivity contribution in [1.82, 2.24) is 0 Å². The lowest BCUT2D eigenvalue weighted by Gasteiger charge is -2.21. The minimum atomic E-state index is -4.50. The Morgan fingerprint density at radius 1 is 1.35 bits per heavy atom. The first-order valence-corrected chi connectivity index (χ1v) is 8.93. The molecule has 0 amide bonds. The SMILES string of the molecule is O=C(CCS(=O)(=O)[O-])OC1C2CC3C(O2)C1OS3(=O)=O. The molecule has 2 bridgehead atoms. The van der Waals surface area contributed by atoms with Gasteiger partial charge in [-0.3, -0.25) is 8.98 Å². The monoisotopic (exact) mass is 327 g/mol. The van der Waals surface area contributed by atoms with Crippen LogP contribution >= 0.6 is 0 Å². The minimum absolute atomic E-state index is 0.182. The van der Waals surface area contributed by atoms with E-state index in [1.807, 2.05) is 0 Å². The topological polar surface area (TPSA) is 136 Å². The average Bonchev–Trinajstić information content (AvgIpc) is 2.89. The van der Waals surface area contributed by atoms with Gasteiger partial charge in [0.05, 0.1) is 22.6 Å². The lowest BCUT2D eigenvalue weighted by atomic mass is 9.94. The Kier molecular flexibility index (Phi) is 3.10.